The van der Waals surface area contributed by atoms with E-state index in [1.807, 2.05) is 38.3 Å². The van der Waals surface area contributed by atoms with Gasteiger partial charge in [0.1, 0.15) is 0 Å². The first kappa shape index (κ1) is 13.4. The van der Waals surface area contributed by atoms with Crippen molar-refractivity contribution in [3.05, 3.63) is 59.2 Å². The summed E-state index contributed by atoms with van der Waals surface area (Å²) in [5.41, 5.74) is 10.2. The van der Waals surface area contributed by atoms with Crippen LogP contribution < -0.4 is 5.73 Å². The molecule has 0 aliphatic carbocycles. The van der Waals surface area contributed by atoms with Gasteiger partial charge in [-0.3, -0.25) is 0 Å². The molecule has 19 heavy (non-hydrogen) atoms. The molecule has 4 heteroatoms. The Morgan fingerprint density at radius 3 is 2.95 bits per heavy atom. The van der Waals surface area contributed by atoms with Crippen molar-refractivity contribution in [2.75, 3.05) is 0 Å². The fourth-order valence-electron chi connectivity index (χ4n) is 1.94. The van der Waals surface area contributed by atoms with Crippen LogP contribution in [0.3, 0.4) is 0 Å². The molecular weight excluding hydrogens is 258 g/mol. The minimum absolute atomic E-state index is 0.458. The second-order valence-electron chi connectivity index (χ2n) is 4.29. The number of hydrogen-bond acceptors (Lipinski definition) is 2. The first-order valence-corrected chi connectivity index (χ1v) is 6.34. The molecule has 0 saturated heterocycles. The third-order valence-corrected chi connectivity index (χ3v) is 3.39. The maximum Gasteiger partial charge on any atom is 0.153 e. The van der Waals surface area contributed by atoms with Gasteiger partial charge in [0, 0.05) is 29.0 Å². The van der Waals surface area contributed by atoms with Crippen molar-refractivity contribution >= 4 is 28.1 Å². The largest absolute Gasteiger partial charge is 0.399 e. The van der Waals surface area contributed by atoms with E-state index in [2.05, 4.69) is 16.5 Å². The van der Waals surface area contributed by atoms with Gasteiger partial charge in [-0.25, -0.2) is 4.98 Å². The van der Waals surface area contributed by atoms with Gasteiger partial charge in [0.05, 0.1) is 5.52 Å². The predicted octanol–water partition coefficient (Wildman–Crippen LogP) is 4.04. The van der Waals surface area contributed by atoms with E-state index in [-0.39, 0.29) is 0 Å². The number of allylic oxidation sites excluding steroid dienone is 4. The summed E-state index contributed by atoms with van der Waals surface area (Å²) in [7, 11) is 0. The number of H-pyrrole nitrogens is 1. The maximum atomic E-state index is 6.05. The Balaban J connectivity index is 2.57. The number of nitrogens with two attached hydrogens (primary N) is 1. The molecule has 0 unspecified atom stereocenters. The van der Waals surface area contributed by atoms with E-state index in [4.69, 9.17) is 17.3 Å². The van der Waals surface area contributed by atoms with Crippen LogP contribution in [-0.2, 0) is 0 Å². The zero-order valence-electron chi connectivity index (χ0n) is 11.0. The lowest BCUT2D eigenvalue weighted by Crippen LogP contribution is -1.99. The Labute approximate surface area is 117 Å². The second-order valence-corrected chi connectivity index (χ2v) is 4.65. The Morgan fingerprint density at radius 2 is 2.26 bits per heavy atom. The minimum Gasteiger partial charge on any atom is -0.399 e. The molecule has 0 aromatic carbocycles. The third-order valence-electron chi connectivity index (χ3n) is 3.11. The average Bonchev–Trinajstić information content (AvgIpc) is 2.88. The highest BCUT2D eigenvalue weighted by atomic mass is 35.5. The zero-order chi connectivity index (χ0) is 14.0. The SMILES string of the molecule is C=C(/C(C)=C(N)\C=C/C)c1cnc(Cl)c2[nH]ccc12. The van der Waals surface area contributed by atoms with E-state index in [1.165, 1.54) is 0 Å². The number of pyridine rings is 1. The molecule has 2 aromatic heterocycles. The minimum atomic E-state index is 0.458. The van der Waals surface area contributed by atoms with Crippen molar-refractivity contribution in [1.82, 2.24) is 9.97 Å². The third kappa shape index (κ3) is 2.42. The summed E-state index contributed by atoms with van der Waals surface area (Å²) in [6.07, 6.45) is 7.33. The lowest BCUT2D eigenvalue weighted by molar-refractivity contribution is 1.30. The Kier molecular flexibility index (Phi) is 3.76. The van der Waals surface area contributed by atoms with Crippen molar-refractivity contribution < 1.29 is 0 Å². The van der Waals surface area contributed by atoms with E-state index in [0.717, 1.165) is 27.6 Å². The number of nitrogens with zero attached hydrogens (tertiary/aromatic N) is 1. The standard InChI is InChI=1S/C15H16ClN3/c1-4-5-13(17)10(3)9(2)12-8-19-15(16)14-11(12)6-7-18-14/h4-8,18H,2,17H2,1,3H3/b5-4-,13-10+. The molecule has 2 rings (SSSR count). The summed E-state index contributed by atoms with van der Waals surface area (Å²) in [5, 5.41) is 1.46. The molecule has 2 heterocycles. The van der Waals surface area contributed by atoms with Gasteiger partial charge >= 0.3 is 0 Å². The van der Waals surface area contributed by atoms with E-state index >= 15 is 0 Å². The Hall–Kier alpha value is -2.00. The van der Waals surface area contributed by atoms with Crippen molar-refractivity contribution in [3.63, 3.8) is 0 Å². The number of aromatic nitrogens is 2. The molecule has 3 N–H and O–H groups in total. The summed E-state index contributed by atoms with van der Waals surface area (Å²) < 4.78 is 0. The predicted molar refractivity (Wildman–Crippen MR) is 81.8 cm³/mol. The summed E-state index contributed by atoms with van der Waals surface area (Å²) in [4.78, 5) is 7.26. The number of nitrogens with one attached hydrogen (secondary N) is 1. The van der Waals surface area contributed by atoms with Crippen LogP contribution in [0.25, 0.3) is 16.5 Å². The molecule has 0 aliphatic heterocycles. The second kappa shape index (κ2) is 5.33. The maximum absolute atomic E-state index is 6.05. The van der Waals surface area contributed by atoms with E-state index < -0.39 is 0 Å². The van der Waals surface area contributed by atoms with Gasteiger partial charge in [-0.05, 0) is 37.1 Å². The number of hydrogen-bond donors (Lipinski definition) is 2. The molecule has 0 amide bonds. The van der Waals surface area contributed by atoms with Gasteiger partial charge in [-0.15, -0.1) is 0 Å². The van der Waals surface area contributed by atoms with Crippen molar-refractivity contribution in [2.24, 2.45) is 5.73 Å². The van der Waals surface area contributed by atoms with Crippen LogP contribution in [0.1, 0.15) is 19.4 Å². The van der Waals surface area contributed by atoms with Gasteiger partial charge in [0.25, 0.3) is 0 Å². The molecule has 0 atom stereocenters. The summed E-state index contributed by atoms with van der Waals surface area (Å²) in [6.45, 7) is 8.00. The monoisotopic (exact) mass is 273 g/mol. The van der Waals surface area contributed by atoms with E-state index in [0.29, 0.717) is 10.9 Å². The summed E-state index contributed by atoms with van der Waals surface area (Å²) in [6, 6.07) is 1.96. The topological polar surface area (TPSA) is 54.7 Å². The lowest BCUT2D eigenvalue weighted by atomic mass is 9.98. The normalized spacial score (nSPS) is 13.0. The number of rotatable bonds is 3. The number of aromatic amines is 1. The van der Waals surface area contributed by atoms with Gasteiger partial charge in [-0.2, -0.15) is 0 Å². The lowest BCUT2D eigenvalue weighted by Gasteiger charge is -2.10. The van der Waals surface area contributed by atoms with E-state index in [9.17, 15) is 0 Å². The van der Waals surface area contributed by atoms with Crippen molar-refractivity contribution in [3.8, 4) is 0 Å². The Morgan fingerprint density at radius 1 is 1.53 bits per heavy atom. The fourth-order valence-corrected chi connectivity index (χ4v) is 2.15. The molecule has 0 bridgehead atoms. The van der Waals surface area contributed by atoms with Gasteiger partial charge in [0.2, 0.25) is 0 Å². The van der Waals surface area contributed by atoms with Crippen molar-refractivity contribution in [2.45, 2.75) is 13.8 Å². The molecule has 0 aliphatic rings. The van der Waals surface area contributed by atoms with Gasteiger partial charge in [-0.1, -0.05) is 24.3 Å². The first-order chi connectivity index (χ1) is 9.06. The molecule has 98 valence electrons. The highest BCUT2D eigenvalue weighted by molar-refractivity contribution is 6.34. The van der Waals surface area contributed by atoms with E-state index in [1.54, 1.807) is 6.20 Å². The van der Waals surface area contributed by atoms with Crippen LogP contribution in [0, 0.1) is 0 Å². The molecule has 2 aromatic rings. The summed E-state index contributed by atoms with van der Waals surface area (Å²) in [5.74, 6) is 0. The van der Waals surface area contributed by atoms with Crippen LogP contribution in [0.5, 0.6) is 0 Å². The number of halogens is 1. The number of fused-ring (bicyclic) bond motifs is 1. The molecular formula is C15H16ClN3. The first-order valence-electron chi connectivity index (χ1n) is 5.96. The van der Waals surface area contributed by atoms with Crippen LogP contribution in [-0.4, -0.2) is 9.97 Å². The molecule has 0 fully saturated rings. The zero-order valence-corrected chi connectivity index (χ0v) is 11.8. The Bertz CT molecular complexity index is 692. The molecule has 0 spiro atoms. The average molecular weight is 274 g/mol. The van der Waals surface area contributed by atoms with Gasteiger partial charge in [0.15, 0.2) is 5.15 Å². The highest BCUT2D eigenvalue weighted by Gasteiger charge is 2.11. The van der Waals surface area contributed by atoms with Crippen molar-refractivity contribution in [1.29, 1.82) is 0 Å². The smallest absolute Gasteiger partial charge is 0.153 e. The van der Waals surface area contributed by atoms with Crippen LogP contribution in [0.2, 0.25) is 5.15 Å². The molecule has 0 radical (unpaired) electrons. The van der Waals surface area contributed by atoms with Gasteiger partial charge < -0.3 is 10.7 Å². The molecule has 3 nitrogen and oxygen atoms in total. The highest BCUT2D eigenvalue weighted by Crippen LogP contribution is 2.31. The van der Waals surface area contributed by atoms with Crippen LogP contribution >= 0.6 is 11.6 Å². The fraction of sp³-hybridized carbons (Fsp3) is 0.133. The quantitative estimate of drug-likeness (QED) is 0.655. The van der Waals surface area contributed by atoms with Crippen LogP contribution in [0.15, 0.2) is 48.5 Å². The molecule has 0 saturated carbocycles. The van der Waals surface area contributed by atoms with Crippen LogP contribution in [0.4, 0.5) is 0 Å². The summed E-state index contributed by atoms with van der Waals surface area (Å²) >= 11 is 6.05.